The van der Waals surface area contributed by atoms with Crippen LogP contribution in [0.3, 0.4) is 0 Å². The van der Waals surface area contributed by atoms with E-state index in [2.05, 4.69) is 11.2 Å². The van der Waals surface area contributed by atoms with Gasteiger partial charge in [-0.15, -0.1) is 0 Å². The Hall–Kier alpha value is -1.09. The first-order valence-electron chi connectivity index (χ1n) is 4.18. The molecule has 0 aromatic carbocycles. The van der Waals surface area contributed by atoms with Crippen molar-refractivity contribution in [2.24, 2.45) is 5.73 Å². The Balaban J connectivity index is 2.19. The number of rotatable bonds is 4. The third-order valence-electron chi connectivity index (χ3n) is 1.52. The highest BCUT2D eigenvalue weighted by molar-refractivity contribution is 4.89. The molecule has 0 spiro atoms. The van der Waals surface area contributed by atoms with E-state index in [4.69, 9.17) is 5.73 Å². The summed E-state index contributed by atoms with van der Waals surface area (Å²) in [4.78, 5) is 0. The molecule has 0 aliphatic carbocycles. The minimum Gasteiger partial charge on any atom is -0.325 e. The summed E-state index contributed by atoms with van der Waals surface area (Å²) in [7, 11) is 0. The molecule has 3 heteroatoms. The van der Waals surface area contributed by atoms with Crippen molar-refractivity contribution in [2.45, 2.75) is 25.9 Å². The molecular weight excluding hydrogens is 150 g/mol. The molecule has 12 heavy (non-hydrogen) atoms. The molecule has 2 N–H and O–H groups in total. The molecule has 0 aliphatic heterocycles. The Morgan fingerprint density at radius 1 is 1.67 bits per heavy atom. The highest BCUT2D eigenvalue weighted by atomic mass is 15.3. The smallest absolute Gasteiger partial charge is 0.0489 e. The number of allylic oxidation sites excluding steroid dienone is 1. The van der Waals surface area contributed by atoms with E-state index in [1.807, 2.05) is 29.9 Å². The van der Waals surface area contributed by atoms with Crippen LogP contribution in [0.1, 0.15) is 13.3 Å². The first kappa shape index (κ1) is 9.00. The molecule has 1 heterocycles. The zero-order valence-electron chi connectivity index (χ0n) is 7.35. The van der Waals surface area contributed by atoms with E-state index < -0.39 is 0 Å². The van der Waals surface area contributed by atoms with Gasteiger partial charge >= 0.3 is 0 Å². The van der Waals surface area contributed by atoms with Gasteiger partial charge in [0.1, 0.15) is 0 Å². The van der Waals surface area contributed by atoms with Crippen molar-refractivity contribution >= 4 is 0 Å². The lowest BCUT2D eigenvalue weighted by molar-refractivity contribution is 0.622. The molecule has 1 atom stereocenters. The van der Waals surface area contributed by atoms with E-state index in [0.717, 1.165) is 13.0 Å². The molecule has 1 aromatic heterocycles. The number of aromatic nitrogens is 2. The van der Waals surface area contributed by atoms with Crippen LogP contribution in [0.15, 0.2) is 30.6 Å². The van der Waals surface area contributed by atoms with Gasteiger partial charge in [-0.1, -0.05) is 12.2 Å². The summed E-state index contributed by atoms with van der Waals surface area (Å²) >= 11 is 0. The summed E-state index contributed by atoms with van der Waals surface area (Å²) in [5.41, 5.74) is 5.54. The van der Waals surface area contributed by atoms with Crippen molar-refractivity contribution in [1.29, 1.82) is 0 Å². The highest BCUT2D eigenvalue weighted by Gasteiger charge is 1.87. The first-order chi connectivity index (χ1) is 5.79. The van der Waals surface area contributed by atoms with Crippen molar-refractivity contribution in [3.05, 3.63) is 30.6 Å². The van der Waals surface area contributed by atoms with Gasteiger partial charge in [0.2, 0.25) is 0 Å². The maximum Gasteiger partial charge on any atom is 0.0489 e. The van der Waals surface area contributed by atoms with E-state index in [-0.39, 0.29) is 6.04 Å². The predicted octanol–water partition coefficient (Wildman–Crippen LogP) is 1.18. The van der Waals surface area contributed by atoms with Gasteiger partial charge in [0.05, 0.1) is 0 Å². The Morgan fingerprint density at radius 3 is 3.08 bits per heavy atom. The largest absolute Gasteiger partial charge is 0.325 e. The minimum absolute atomic E-state index is 0.155. The second-order valence-electron chi connectivity index (χ2n) is 2.85. The number of nitrogens with zero attached hydrogens (tertiary/aromatic N) is 2. The van der Waals surface area contributed by atoms with Gasteiger partial charge in [0.15, 0.2) is 0 Å². The summed E-state index contributed by atoms with van der Waals surface area (Å²) in [6.07, 6.45) is 8.83. The molecule has 66 valence electrons. The maximum atomic E-state index is 5.54. The molecule has 0 amide bonds. The first-order valence-corrected chi connectivity index (χ1v) is 4.18. The lowest BCUT2D eigenvalue weighted by Gasteiger charge is -1.97. The van der Waals surface area contributed by atoms with Gasteiger partial charge < -0.3 is 5.73 Å². The topological polar surface area (TPSA) is 43.8 Å². The van der Waals surface area contributed by atoms with Crippen molar-refractivity contribution in [3.8, 4) is 0 Å². The van der Waals surface area contributed by atoms with Crippen LogP contribution in [0, 0.1) is 0 Å². The zero-order valence-corrected chi connectivity index (χ0v) is 7.35. The van der Waals surface area contributed by atoms with Crippen LogP contribution in [-0.2, 0) is 6.54 Å². The quantitative estimate of drug-likeness (QED) is 0.681. The van der Waals surface area contributed by atoms with Crippen LogP contribution in [-0.4, -0.2) is 15.8 Å². The predicted molar refractivity (Wildman–Crippen MR) is 49.6 cm³/mol. The van der Waals surface area contributed by atoms with Gasteiger partial charge in [0.25, 0.3) is 0 Å². The average Bonchev–Trinajstić information content (AvgIpc) is 2.49. The minimum atomic E-state index is 0.155. The van der Waals surface area contributed by atoms with E-state index in [1.165, 1.54) is 0 Å². The molecule has 3 nitrogen and oxygen atoms in total. The average molecular weight is 165 g/mol. The monoisotopic (exact) mass is 165 g/mol. The number of hydrogen-bond acceptors (Lipinski definition) is 2. The fourth-order valence-corrected chi connectivity index (χ4v) is 0.950. The van der Waals surface area contributed by atoms with Gasteiger partial charge in [-0.2, -0.15) is 5.10 Å². The molecule has 0 saturated heterocycles. The summed E-state index contributed by atoms with van der Waals surface area (Å²) in [5.74, 6) is 0. The SMILES string of the molecule is CC(N)/C=C/CCn1cccn1. The van der Waals surface area contributed by atoms with Crippen LogP contribution < -0.4 is 5.73 Å². The fourth-order valence-electron chi connectivity index (χ4n) is 0.950. The molecule has 1 unspecified atom stereocenters. The Labute approximate surface area is 72.9 Å². The van der Waals surface area contributed by atoms with Gasteiger partial charge in [-0.3, -0.25) is 4.68 Å². The van der Waals surface area contributed by atoms with E-state index in [1.54, 1.807) is 6.20 Å². The third-order valence-corrected chi connectivity index (χ3v) is 1.52. The summed E-state index contributed by atoms with van der Waals surface area (Å²) in [6, 6.07) is 2.08. The lowest BCUT2D eigenvalue weighted by Crippen LogP contribution is -2.10. The van der Waals surface area contributed by atoms with Crippen LogP contribution in [0.4, 0.5) is 0 Å². The second-order valence-corrected chi connectivity index (χ2v) is 2.85. The molecule has 0 saturated carbocycles. The van der Waals surface area contributed by atoms with Gasteiger partial charge in [0, 0.05) is 25.0 Å². The summed E-state index contributed by atoms with van der Waals surface area (Å²) in [5, 5.41) is 4.08. The second kappa shape index (κ2) is 4.72. The van der Waals surface area contributed by atoms with Crippen molar-refractivity contribution < 1.29 is 0 Å². The zero-order chi connectivity index (χ0) is 8.81. The van der Waals surface area contributed by atoms with Gasteiger partial charge in [-0.05, 0) is 19.4 Å². The van der Waals surface area contributed by atoms with Crippen LogP contribution >= 0.6 is 0 Å². The number of hydrogen-bond donors (Lipinski definition) is 1. The standard InChI is InChI=1S/C9H15N3/c1-9(10)5-2-3-7-12-8-4-6-11-12/h2,4-6,8-9H,3,7,10H2,1H3/b5-2+. The molecule has 0 radical (unpaired) electrons. The Morgan fingerprint density at radius 2 is 2.50 bits per heavy atom. The summed E-state index contributed by atoms with van der Waals surface area (Å²) < 4.78 is 1.91. The van der Waals surface area contributed by atoms with Crippen molar-refractivity contribution in [2.75, 3.05) is 0 Å². The maximum absolute atomic E-state index is 5.54. The van der Waals surface area contributed by atoms with Crippen LogP contribution in [0.5, 0.6) is 0 Å². The fraction of sp³-hybridized carbons (Fsp3) is 0.444. The molecule has 1 rings (SSSR count). The number of nitrogens with two attached hydrogens (primary N) is 1. The number of aryl methyl sites for hydroxylation is 1. The van der Waals surface area contributed by atoms with Crippen molar-refractivity contribution in [1.82, 2.24) is 9.78 Å². The van der Waals surface area contributed by atoms with E-state index in [9.17, 15) is 0 Å². The van der Waals surface area contributed by atoms with E-state index in [0.29, 0.717) is 0 Å². The molecular formula is C9H15N3. The van der Waals surface area contributed by atoms with Crippen LogP contribution in [0.2, 0.25) is 0 Å². The molecule has 0 bridgehead atoms. The Kier molecular flexibility index (Phi) is 3.54. The van der Waals surface area contributed by atoms with Crippen molar-refractivity contribution in [3.63, 3.8) is 0 Å². The lowest BCUT2D eigenvalue weighted by atomic mass is 10.3. The molecule has 0 aliphatic rings. The third kappa shape index (κ3) is 3.34. The molecule has 1 aromatic rings. The van der Waals surface area contributed by atoms with E-state index >= 15 is 0 Å². The van der Waals surface area contributed by atoms with Gasteiger partial charge in [-0.25, -0.2) is 0 Å². The summed E-state index contributed by atoms with van der Waals surface area (Å²) in [6.45, 7) is 2.89. The highest BCUT2D eigenvalue weighted by Crippen LogP contribution is 1.91. The van der Waals surface area contributed by atoms with Crippen LogP contribution in [0.25, 0.3) is 0 Å². The molecule has 0 fully saturated rings. The Bertz CT molecular complexity index is 224. The normalized spacial score (nSPS) is 13.8.